The largest absolute Gasteiger partial charge is 0.292 e. The highest BCUT2D eigenvalue weighted by Crippen LogP contribution is 2.30. The van der Waals surface area contributed by atoms with Crippen LogP contribution in [0.5, 0.6) is 0 Å². The van der Waals surface area contributed by atoms with Crippen molar-refractivity contribution >= 4 is 21.7 Å². The molecule has 0 atom stereocenters. The molecule has 1 saturated carbocycles. The molecule has 0 spiro atoms. The number of aromatic nitrogens is 2. The Hall–Kier alpha value is -0.640. The lowest BCUT2D eigenvalue weighted by Crippen LogP contribution is -2.15. The lowest BCUT2D eigenvalue weighted by atomic mass is 9.99. The highest BCUT2D eigenvalue weighted by Gasteiger charge is 2.24. The van der Waals surface area contributed by atoms with E-state index in [1.165, 1.54) is 25.7 Å². The summed E-state index contributed by atoms with van der Waals surface area (Å²) < 4.78 is 2.65. The molecule has 0 amide bonds. The van der Waals surface area contributed by atoms with E-state index in [1.54, 1.807) is 6.20 Å². The Morgan fingerprint density at radius 1 is 1.53 bits per heavy atom. The maximum Gasteiger partial charge on any atom is 0.182 e. The summed E-state index contributed by atoms with van der Waals surface area (Å²) in [5, 5.41) is 4.26. The van der Waals surface area contributed by atoms with Crippen LogP contribution >= 0.6 is 15.9 Å². The van der Waals surface area contributed by atoms with Gasteiger partial charge in [0.1, 0.15) is 5.69 Å². The average Bonchev–Trinajstić information content (AvgIpc) is 2.86. The van der Waals surface area contributed by atoms with Crippen molar-refractivity contribution in [3.63, 3.8) is 0 Å². The number of nitrogens with zero attached hydrogens (tertiary/aromatic N) is 2. The van der Waals surface area contributed by atoms with E-state index in [-0.39, 0.29) is 11.8 Å². The fourth-order valence-corrected chi connectivity index (χ4v) is 3.06. The van der Waals surface area contributed by atoms with Gasteiger partial charge in [-0.3, -0.25) is 9.48 Å². The molecule has 1 heterocycles. The quantitative estimate of drug-likeness (QED) is 0.788. The van der Waals surface area contributed by atoms with Gasteiger partial charge in [0, 0.05) is 12.5 Å². The summed E-state index contributed by atoms with van der Waals surface area (Å²) >= 11 is 3.43. The molecular weight excluding hydrogens is 280 g/mol. The summed E-state index contributed by atoms with van der Waals surface area (Å²) in [7, 11) is 0. The molecule has 0 bridgehead atoms. The van der Waals surface area contributed by atoms with Crippen LogP contribution in [0.3, 0.4) is 0 Å². The second-order valence-electron chi connectivity index (χ2n) is 5.16. The Bertz CT molecular complexity index is 406. The van der Waals surface area contributed by atoms with Gasteiger partial charge >= 0.3 is 0 Å². The Morgan fingerprint density at radius 2 is 2.18 bits per heavy atom. The number of rotatable bonds is 4. The summed E-state index contributed by atoms with van der Waals surface area (Å²) in [6.07, 6.45) is 7.38. The van der Waals surface area contributed by atoms with Crippen molar-refractivity contribution in [1.29, 1.82) is 0 Å². The summed E-state index contributed by atoms with van der Waals surface area (Å²) in [6.45, 7) is 4.09. The van der Waals surface area contributed by atoms with Crippen LogP contribution in [0.15, 0.2) is 10.7 Å². The minimum Gasteiger partial charge on any atom is -0.292 e. The first-order valence-electron chi connectivity index (χ1n) is 6.35. The molecular formula is C13H19BrN2O. The molecule has 1 aromatic heterocycles. The van der Waals surface area contributed by atoms with Crippen molar-refractivity contribution in [2.24, 2.45) is 5.92 Å². The van der Waals surface area contributed by atoms with Crippen molar-refractivity contribution < 1.29 is 4.79 Å². The van der Waals surface area contributed by atoms with Crippen molar-refractivity contribution in [3.8, 4) is 0 Å². The van der Waals surface area contributed by atoms with E-state index in [2.05, 4.69) is 21.0 Å². The number of ketones is 1. The Balaban J connectivity index is 2.14. The van der Waals surface area contributed by atoms with E-state index in [0.29, 0.717) is 12.3 Å². The number of carbonyl (C=O) groups is 1. The third-order valence-corrected chi connectivity index (χ3v) is 4.03. The van der Waals surface area contributed by atoms with Gasteiger partial charge in [0.2, 0.25) is 0 Å². The number of halogens is 1. The van der Waals surface area contributed by atoms with Crippen molar-refractivity contribution in [1.82, 2.24) is 9.78 Å². The Morgan fingerprint density at radius 3 is 2.76 bits per heavy atom. The predicted molar refractivity (Wildman–Crippen MR) is 71.2 cm³/mol. The monoisotopic (exact) mass is 298 g/mol. The first kappa shape index (κ1) is 12.8. The zero-order valence-electron chi connectivity index (χ0n) is 10.4. The number of hydrogen-bond acceptors (Lipinski definition) is 2. The number of hydrogen-bond donors (Lipinski definition) is 0. The van der Waals surface area contributed by atoms with E-state index < -0.39 is 0 Å². The smallest absolute Gasteiger partial charge is 0.182 e. The van der Waals surface area contributed by atoms with Gasteiger partial charge in [0.05, 0.1) is 10.7 Å². The van der Waals surface area contributed by atoms with Gasteiger partial charge in [-0.1, -0.05) is 25.7 Å². The van der Waals surface area contributed by atoms with Gasteiger partial charge in [-0.05, 0) is 35.7 Å². The van der Waals surface area contributed by atoms with Crippen LogP contribution in [-0.4, -0.2) is 15.6 Å². The van der Waals surface area contributed by atoms with E-state index in [9.17, 15) is 4.79 Å². The third-order valence-electron chi connectivity index (χ3n) is 3.45. The molecule has 0 aliphatic heterocycles. The van der Waals surface area contributed by atoms with Crippen molar-refractivity contribution in [2.75, 3.05) is 0 Å². The van der Waals surface area contributed by atoms with Gasteiger partial charge < -0.3 is 0 Å². The number of carbonyl (C=O) groups excluding carboxylic acids is 1. The van der Waals surface area contributed by atoms with Gasteiger partial charge in [0.25, 0.3) is 0 Å². The van der Waals surface area contributed by atoms with Crippen LogP contribution in [0.1, 0.15) is 62.5 Å². The average molecular weight is 299 g/mol. The summed E-state index contributed by atoms with van der Waals surface area (Å²) in [5.74, 6) is 0.819. The molecule has 94 valence electrons. The standard InChI is InChI=1S/C13H19BrN2O/c1-9(2)16-13(11(14)8-15-16)12(17)7-10-5-3-4-6-10/h8-10H,3-7H2,1-2H3. The first-order chi connectivity index (χ1) is 8.09. The Labute approximate surface area is 111 Å². The van der Waals surface area contributed by atoms with Crippen LogP contribution in [0, 0.1) is 5.92 Å². The van der Waals surface area contributed by atoms with Crippen molar-refractivity contribution in [2.45, 2.75) is 52.0 Å². The summed E-state index contributed by atoms with van der Waals surface area (Å²) in [5.41, 5.74) is 0.743. The number of Topliss-reactive ketones (excluding diaryl/α,β-unsaturated/α-hetero) is 1. The lowest BCUT2D eigenvalue weighted by Gasteiger charge is -2.12. The van der Waals surface area contributed by atoms with Gasteiger partial charge in [-0.25, -0.2) is 0 Å². The van der Waals surface area contributed by atoms with Crippen LogP contribution < -0.4 is 0 Å². The minimum atomic E-state index is 0.226. The molecule has 0 unspecified atom stereocenters. The zero-order chi connectivity index (χ0) is 12.4. The van der Waals surface area contributed by atoms with Crippen LogP contribution in [0.25, 0.3) is 0 Å². The molecule has 0 saturated heterocycles. The molecule has 0 radical (unpaired) electrons. The molecule has 1 aliphatic rings. The predicted octanol–water partition coefficient (Wildman–Crippen LogP) is 3.99. The normalized spacial score (nSPS) is 16.9. The van der Waals surface area contributed by atoms with E-state index in [0.717, 1.165) is 10.2 Å². The molecule has 1 fully saturated rings. The highest BCUT2D eigenvalue weighted by atomic mass is 79.9. The zero-order valence-corrected chi connectivity index (χ0v) is 12.0. The fourth-order valence-electron chi connectivity index (χ4n) is 2.57. The SMILES string of the molecule is CC(C)n1ncc(Br)c1C(=O)CC1CCCC1. The van der Waals surface area contributed by atoms with Gasteiger partial charge in [0.15, 0.2) is 5.78 Å². The molecule has 17 heavy (non-hydrogen) atoms. The lowest BCUT2D eigenvalue weighted by molar-refractivity contribution is 0.0949. The minimum absolute atomic E-state index is 0.226. The molecule has 2 rings (SSSR count). The topological polar surface area (TPSA) is 34.9 Å². The molecule has 4 heteroatoms. The third kappa shape index (κ3) is 2.79. The summed E-state index contributed by atoms with van der Waals surface area (Å²) in [6, 6.07) is 0.226. The molecule has 0 N–H and O–H groups in total. The highest BCUT2D eigenvalue weighted by molar-refractivity contribution is 9.10. The second-order valence-corrected chi connectivity index (χ2v) is 6.01. The van der Waals surface area contributed by atoms with Gasteiger partial charge in [-0.2, -0.15) is 5.10 Å². The maximum atomic E-state index is 12.3. The molecule has 1 aromatic rings. The molecule has 3 nitrogen and oxygen atoms in total. The van der Waals surface area contributed by atoms with Gasteiger partial charge in [-0.15, -0.1) is 0 Å². The van der Waals surface area contributed by atoms with Crippen LogP contribution in [0.4, 0.5) is 0 Å². The second kappa shape index (κ2) is 5.34. The van der Waals surface area contributed by atoms with Crippen LogP contribution in [-0.2, 0) is 0 Å². The fraction of sp³-hybridized carbons (Fsp3) is 0.692. The molecule has 1 aliphatic carbocycles. The van der Waals surface area contributed by atoms with Crippen molar-refractivity contribution in [3.05, 3.63) is 16.4 Å². The van der Waals surface area contributed by atoms with Crippen LogP contribution in [0.2, 0.25) is 0 Å². The molecule has 0 aromatic carbocycles. The summed E-state index contributed by atoms with van der Waals surface area (Å²) in [4.78, 5) is 12.3. The van der Waals surface area contributed by atoms with E-state index in [1.807, 2.05) is 18.5 Å². The van der Waals surface area contributed by atoms with E-state index >= 15 is 0 Å². The maximum absolute atomic E-state index is 12.3. The Kier molecular flexibility index (Phi) is 4.02. The first-order valence-corrected chi connectivity index (χ1v) is 7.15. The van der Waals surface area contributed by atoms with E-state index in [4.69, 9.17) is 0 Å².